The van der Waals surface area contributed by atoms with Crippen LogP contribution in [-0.2, 0) is 23.5 Å². The number of carbonyl (C=O) groups is 1. The van der Waals surface area contributed by atoms with Crippen molar-refractivity contribution < 1.29 is 13.2 Å². The molecule has 4 aromatic rings. The quantitative estimate of drug-likeness (QED) is 0.231. The Balaban J connectivity index is 1.36. The Kier molecular flexibility index (Phi) is 9.27. The Labute approximate surface area is 267 Å². The minimum Gasteiger partial charge on any atom is -0.322 e. The standard InChI is InChI=1S/C32H35Cl2N5O4S/c1-20-18-38(19-21(20)2)14-13-23-9-8-10-25(15-23)35-31(40)24-16-27(33)29(34)28(17-24)44(42,43)36-30-22(3)37(4)39(32(30)41)26-11-6-5-7-12-26/h5-12,15-17,20-21,36H,13-14,18-19H2,1-4H3,(H,35,40). The molecule has 1 aliphatic heterocycles. The van der Waals surface area contributed by atoms with E-state index in [4.69, 9.17) is 23.2 Å². The van der Waals surface area contributed by atoms with Crippen LogP contribution in [0.5, 0.6) is 0 Å². The first-order valence-corrected chi connectivity index (χ1v) is 16.6. The van der Waals surface area contributed by atoms with Gasteiger partial charge in [-0.15, -0.1) is 0 Å². The normalized spacial score (nSPS) is 17.1. The summed E-state index contributed by atoms with van der Waals surface area (Å²) in [5.41, 5.74) is 1.89. The van der Waals surface area contributed by atoms with E-state index in [1.54, 1.807) is 49.0 Å². The lowest BCUT2D eigenvalue weighted by Gasteiger charge is -2.16. The summed E-state index contributed by atoms with van der Waals surface area (Å²) in [6, 6.07) is 18.9. The van der Waals surface area contributed by atoms with Gasteiger partial charge in [0.2, 0.25) is 0 Å². The minimum atomic E-state index is -4.43. The first-order valence-electron chi connectivity index (χ1n) is 14.3. The lowest BCUT2D eigenvalue weighted by molar-refractivity contribution is 0.102. The van der Waals surface area contributed by atoms with Crippen LogP contribution in [0.3, 0.4) is 0 Å². The van der Waals surface area contributed by atoms with Gasteiger partial charge in [0.1, 0.15) is 10.6 Å². The smallest absolute Gasteiger partial charge is 0.296 e. The van der Waals surface area contributed by atoms with Crippen molar-refractivity contribution in [2.24, 2.45) is 18.9 Å². The monoisotopic (exact) mass is 655 g/mol. The molecule has 0 radical (unpaired) electrons. The molecule has 1 saturated heterocycles. The third kappa shape index (κ3) is 6.58. The number of anilines is 2. The number of halogens is 2. The maximum absolute atomic E-state index is 13.6. The highest BCUT2D eigenvalue weighted by Gasteiger charge is 2.28. The molecule has 12 heteroatoms. The molecule has 1 aromatic heterocycles. The molecule has 3 aromatic carbocycles. The maximum Gasteiger partial charge on any atom is 0.296 e. The van der Waals surface area contributed by atoms with E-state index in [9.17, 15) is 18.0 Å². The lowest BCUT2D eigenvalue weighted by Crippen LogP contribution is -2.23. The molecule has 1 fully saturated rings. The van der Waals surface area contributed by atoms with Crippen LogP contribution in [0.2, 0.25) is 10.0 Å². The molecule has 1 amide bonds. The van der Waals surface area contributed by atoms with Crippen LogP contribution in [0.15, 0.2) is 76.4 Å². The summed E-state index contributed by atoms with van der Waals surface area (Å²) in [5, 5.41) is 2.46. The Morgan fingerprint density at radius 1 is 0.977 bits per heavy atom. The molecule has 2 heterocycles. The highest BCUT2D eigenvalue weighted by atomic mass is 35.5. The Hall–Kier alpha value is -3.57. The molecule has 0 saturated carbocycles. The lowest BCUT2D eigenvalue weighted by atomic mass is 10.0. The highest BCUT2D eigenvalue weighted by molar-refractivity contribution is 7.92. The number of carbonyl (C=O) groups excluding carboxylic acids is 1. The summed E-state index contributed by atoms with van der Waals surface area (Å²) in [7, 11) is -2.78. The third-order valence-corrected chi connectivity index (χ3v) is 10.6. The molecule has 0 spiro atoms. The molecule has 1 aliphatic rings. The second-order valence-corrected chi connectivity index (χ2v) is 13.9. The number of amides is 1. The largest absolute Gasteiger partial charge is 0.322 e. The zero-order chi connectivity index (χ0) is 31.8. The van der Waals surface area contributed by atoms with E-state index < -0.39 is 26.4 Å². The highest BCUT2D eigenvalue weighted by Crippen LogP contribution is 2.33. The van der Waals surface area contributed by atoms with E-state index in [1.165, 1.54) is 10.7 Å². The van der Waals surface area contributed by atoms with Crippen LogP contribution in [0.1, 0.15) is 35.5 Å². The number of nitrogens with zero attached hydrogens (tertiary/aromatic N) is 3. The van der Waals surface area contributed by atoms with Crippen LogP contribution in [0.4, 0.5) is 11.4 Å². The molecular weight excluding hydrogens is 621 g/mol. The molecule has 0 aliphatic carbocycles. The van der Waals surface area contributed by atoms with Crippen molar-refractivity contribution in [2.45, 2.75) is 32.1 Å². The minimum absolute atomic E-state index is 0.00306. The fraction of sp³-hybridized carbons (Fsp3) is 0.312. The SMILES string of the molecule is Cc1c(NS(=O)(=O)c2cc(C(=O)Nc3cccc(CCN4CC(C)C(C)C4)c3)cc(Cl)c2Cl)c(=O)n(-c2ccccc2)n1C. The van der Waals surface area contributed by atoms with Gasteiger partial charge in [0.05, 0.1) is 21.4 Å². The number of rotatable bonds is 9. The number of sulfonamides is 1. The molecule has 2 N–H and O–H groups in total. The fourth-order valence-electron chi connectivity index (χ4n) is 5.49. The maximum atomic E-state index is 13.6. The van der Waals surface area contributed by atoms with Crippen LogP contribution in [-0.4, -0.2) is 48.2 Å². The van der Waals surface area contributed by atoms with Gasteiger partial charge in [-0.3, -0.25) is 19.0 Å². The molecule has 9 nitrogen and oxygen atoms in total. The summed E-state index contributed by atoms with van der Waals surface area (Å²) >= 11 is 12.7. The van der Waals surface area contributed by atoms with Gasteiger partial charge in [0, 0.05) is 37.9 Å². The van der Waals surface area contributed by atoms with Crippen molar-refractivity contribution in [1.29, 1.82) is 0 Å². The average Bonchev–Trinajstić information content (AvgIpc) is 3.42. The van der Waals surface area contributed by atoms with Crippen molar-refractivity contribution in [3.63, 3.8) is 0 Å². The molecule has 232 valence electrons. The number of hydrogen-bond acceptors (Lipinski definition) is 5. The Morgan fingerprint density at radius 2 is 1.66 bits per heavy atom. The van der Waals surface area contributed by atoms with E-state index in [1.807, 2.05) is 24.3 Å². The molecule has 0 bridgehead atoms. The second-order valence-electron chi connectivity index (χ2n) is 11.4. The predicted octanol–water partition coefficient (Wildman–Crippen LogP) is 5.97. The summed E-state index contributed by atoms with van der Waals surface area (Å²) < 4.78 is 32.5. The van der Waals surface area contributed by atoms with Crippen molar-refractivity contribution in [2.75, 3.05) is 29.7 Å². The van der Waals surface area contributed by atoms with Crippen LogP contribution in [0.25, 0.3) is 5.69 Å². The second kappa shape index (κ2) is 12.8. The molecular formula is C32H35Cl2N5O4S. The van der Waals surface area contributed by atoms with Gasteiger partial charge in [-0.1, -0.05) is 67.4 Å². The van der Waals surface area contributed by atoms with Crippen LogP contribution >= 0.6 is 23.2 Å². The van der Waals surface area contributed by atoms with Gasteiger partial charge in [0.25, 0.3) is 21.5 Å². The van der Waals surface area contributed by atoms with E-state index in [-0.39, 0.29) is 21.3 Å². The molecule has 2 unspecified atom stereocenters. The number of hydrogen-bond donors (Lipinski definition) is 2. The average molecular weight is 657 g/mol. The van der Waals surface area contributed by atoms with Crippen molar-refractivity contribution in [1.82, 2.24) is 14.3 Å². The van der Waals surface area contributed by atoms with Gasteiger partial charge in [0.15, 0.2) is 0 Å². The van der Waals surface area contributed by atoms with Crippen LogP contribution in [0, 0.1) is 18.8 Å². The number of likely N-dealkylation sites (tertiary alicyclic amines) is 1. The summed E-state index contributed by atoms with van der Waals surface area (Å²) in [6.07, 6.45) is 0.842. The van der Waals surface area contributed by atoms with E-state index >= 15 is 0 Å². The first kappa shape index (κ1) is 31.8. The van der Waals surface area contributed by atoms with Crippen LogP contribution < -0.4 is 15.6 Å². The van der Waals surface area contributed by atoms with Gasteiger partial charge < -0.3 is 10.2 Å². The summed E-state index contributed by atoms with van der Waals surface area (Å²) in [4.78, 5) is 28.6. The number of nitrogens with one attached hydrogen (secondary N) is 2. The van der Waals surface area contributed by atoms with Gasteiger partial charge >= 0.3 is 0 Å². The third-order valence-electron chi connectivity index (χ3n) is 8.30. The Bertz CT molecular complexity index is 1860. The molecule has 5 rings (SSSR count). The van der Waals surface area contributed by atoms with E-state index in [2.05, 4.69) is 28.8 Å². The van der Waals surface area contributed by atoms with Crippen molar-refractivity contribution >= 4 is 50.5 Å². The van der Waals surface area contributed by atoms with E-state index in [0.29, 0.717) is 28.9 Å². The molecule has 44 heavy (non-hydrogen) atoms. The first-order chi connectivity index (χ1) is 20.9. The Morgan fingerprint density at radius 3 is 2.34 bits per heavy atom. The van der Waals surface area contributed by atoms with Crippen molar-refractivity contribution in [3.8, 4) is 5.69 Å². The van der Waals surface area contributed by atoms with E-state index in [0.717, 1.165) is 37.7 Å². The predicted molar refractivity (Wildman–Crippen MR) is 176 cm³/mol. The van der Waals surface area contributed by atoms with Gasteiger partial charge in [-0.2, -0.15) is 0 Å². The topological polar surface area (TPSA) is 105 Å². The molecule has 2 atom stereocenters. The summed E-state index contributed by atoms with van der Waals surface area (Å²) in [5.74, 6) is 0.808. The zero-order valence-electron chi connectivity index (χ0n) is 25.0. The number of benzene rings is 3. The number of aromatic nitrogens is 2. The number of para-hydroxylation sites is 1. The zero-order valence-corrected chi connectivity index (χ0v) is 27.3. The van der Waals surface area contributed by atoms with Gasteiger partial charge in [-0.25, -0.2) is 13.1 Å². The summed E-state index contributed by atoms with van der Waals surface area (Å²) in [6.45, 7) is 9.29. The van der Waals surface area contributed by atoms with Gasteiger partial charge in [-0.05, 0) is 67.1 Å². The van der Waals surface area contributed by atoms with Crippen molar-refractivity contribution in [3.05, 3.63) is 104 Å². The fourth-order valence-corrected chi connectivity index (χ4v) is 7.42.